The molecule has 1 aromatic carbocycles. The lowest BCUT2D eigenvalue weighted by atomic mass is 9.71. The molecule has 2 rings (SSSR count). The first-order valence-electron chi connectivity index (χ1n) is 12.9. The van der Waals surface area contributed by atoms with Gasteiger partial charge in [0.2, 0.25) is 0 Å². The standard InChI is InChI=1S/C29H38O8/c1-6-34-24(30)28(25(31)35-7-2)18-12-13-20-29(26(32)36-8-3,27(33)37-9-4)21(5)23-17-11-10-15-22(23)16-14-19-28/h10-11,14-15,17,19H,5-9,12-13,16,18,20H2,1-4H3/b19-14+. The molecule has 1 aliphatic rings. The second kappa shape index (κ2) is 13.8. The van der Waals surface area contributed by atoms with Gasteiger partial charge in [-0.15, -0.1) is 0 Å². The summed E-state index contributed by atoms with van der Waals surface area (Å²) < 4.78 is 21.3. The first-order chi connectivity index (χ1) is 17.7. The van der Waals surface area contributed by atoms with E-state index in [1.165, 1.54) is 0 Å². The first-order valence-corrected chi connectivity index (χ1v) is 12.9. The Kier molecular flexibility index (Phi) is 11.1. The molecule has 0 atom stereocenters. The minimum atomic E-state index is -1.78. The van der Waals surface area contributed by atoms with Crippen molar-refractivity contribution in [2.24, 2.45) is 10.8 Å². The molecule has 0 heterocycles. The van der Waals surface area contributed by atoms with Crippen molar-refractivity contribution in [2.45, 2.75) is 59.8 Å². The Bertz CT molecular complexity index is 986. The third-order valence-corrected chi connectivity index (χ3v) is 6.50. The Morgan fingerprint density at radius 3 is 1.78 bits per heavy atom. The van der Waals surface area contributed by atoms with Crippen molar-refractivity contribution in [3.8, 4) is 0 Å². The Morgan fingerprint density at radius 1 is 0.757 bits per heavy atom. The van der Waals surface area contributed by atoms with Crippen LogP contribution in [0.4, 0.5) is 0 Å². The molecule has 0 saturated heterocycles. The van der Waals surface area contributed by atoms with Crippen molar-refractivity contribution in [1.82, 2.24) is 0 Å². The highest BCUT2D eigenvalue weighted by atomic mass is 16.6. The summed E-state index contributed by atoms with van der Waals surface area (Å²) in [6.07, 6.45) is 4.31. The van der Waals surface area contributed by atoms with Gasteiger partial charge < -0.3 is 18.9 Å². The predicted octanol–water partition coefficient (Wildman–Crippen LogP) is 4.60. The highest BCUT2D eigenvalue weighted by Crippen LogP contribution is 2.44. The van der Waals surface area contributed by atoms with Gasteiger partial charge in [0.1, 0.15) is 0 Å². The van der Waals surface area contributed by atoms with Crippen LogP contribution >= 0.6 is 0 Å². The summed E-state index contributed by atoms with van der Waals surface area (Å²) >= 11 is 0. The Hall–Kier alpha value is -3.42. The summed E-state index contributed by atoms with van der Waals surface area (Å²) in [5.74, 6) is -2.85. The zero-order valence-electron chi connectivity index (χ0n) is 22.3. The van der Waals surface area contributed by atoms with Crippen LogP contribution in [-0.2, 0) is 44.5 Å². The number of ether oxygens (including phenoxy) is 4. The molecule has 37 heavy (non-hydrogen) atoms. The van der Waals surface area contributed by atoms with E-state index in [4.69, 9.17) is 18.9 Å². The van der Waals surface area contributed by atoms with Gasteiger partial charge in [-0.25, -0.2) is 0 Å². The molecule has 202 valence electrons. The quantitative estimate of drug-likeness (QED) is 0.215. The predicted molar refractivity (Wildman–Crippen MR) is 138 cm³/mol. The smallest absolute Gasteiger partial charge is 0.328 e. The number of hydrogen-bond acceptors (Lipinski definition) is 8. The van der Waals surface area contributed by atoms with Gasteiger partial charge in [0.15, 0.2) is 10.8 Å². The summed E-state index contributed by atoms with van der Waals surface area (Å²) in [7, 11) is 0. The van der Waals surface area contributed by atoms with Crippen LogP contribution in [0.1, 0.15) is 64.5 Å². The van der Waals surface area contributed by atoms with Crippen LogP contribution in [0.25, 0.3) is 5.57 Å². The molecule has 0 amide bonds. The maximum absolute atomic E-state index is 13.4. The number of allylic oxidation sites excluding steroid dienone is 1. The van der Waals surface area contributed by atoms with E-state index in [9.17, 15) is 19.2 Å². The van der Waals surface area contributed by atoms with Crippen molar-refractivity contribution in [1.29, 1.82) is 0 Å². The number of fused-ring (bicyclic) bond motifs is 1. The average Bonchev–Trinajstić information content (AvgIpc) is 2.87. The maximum atomic E-state index is 13.4. The zero-order chi connectivity index (χ0) is 27.5. The normalized spacial score (nSPS) is 17.7. The van der Waals surface area contributed by atoms with Gasteiger partial charge in [-0.05, 0) is 63.7 Å². The van der Waals surface area contributed by atoms with E-state index < -0.39 is 34.7 Å². The SMILES string of the molecule is C=C1c2ccccc2C/C=C/C(C(=O)OCC)(C(=O)OCC)CCCCC1(C(=O)OCC)C(=O)OCC. The van der Waals surface area contributed by atoms with Crippen LogP contribution in [0.15, 0.2) is 43.0 Å². The maximum Gasteiger partial charge on any atom is 0.328 e. The second-order valence-electron chi connectivity index (χ2n) is 8.71. The van der Waals surface area contributed by atoms with E-state index in [0.717, 1.165) is 5.56 Å². The molecular formula is C29H38O8. The molecular weight excluding hydrogens is 476 g/mol. The fourth-order valence-corrected chi connectivity index (χ4v) is 4.62. The van der Waals surface area contributed by atoms with Crippen LogP contribution in [0.3, 0.4) is 0 Å². The number of rotatable bonds is 8. The average molecular weight is 515 g/mol. The summed E-state index contributed by atoms with van der Waals surface area (Å²) in [5.41, 5.74) is -1.76. The molecule has 8 nitrogen and oxygen atoms in total. The molecule has 0 N–H and O–H groups in total. The molecule has 0 saturated carbocycles. The van der Waals surface area contributed by atoms with Crippen LogP contribution in [-0.4, -0.2) is 50.3 Å². The zero-order valence-corrected chi connectivity index (χ0v) is 22.3. The third kappa shape index (κ3) is 6.29. The lowest BCUT2D eigenvalue weighted by Gasteiger charge is -2.33. The number of esters is 4. The molecule has 0 fully saturated rings. The molecule has 0 unspecified atom stereocenters. The fraction of sp³-hybridized carbons (Fsp3) is 0.517. The number of carbonyl (C=O) groups is 4. The molecule has 8 heteroatoms. The molecule has 0 radical (unpaired) electrons. The van der Waals surface area contributed by atoms with Crippen molar-refractivity contribution in [3.05, 3.63) is 54.1 Å². The van der Waals surface area contributed by atoms with Crippen molar-refractivity contribution < 1.29 is 38.1 Å². The molecule has 0 aromatic heterocycles. The first kappa shape index (κ1) is 29.8. The van der Waals surface area contributed by atoms with Crippen LogP contribution < -0.4 is 0 Å². The van der Waals surface area contributed by atoms with E-state index in [1.54, 1.807) is 52.0 Å². The van der Waals surface area contributed by atoms with Crippen LogP contribution in [0.5, 0.6) is 0 Å². The largest absolute Gasteiger partial charge is 0.465 e. The van der Waals surface area contributed by atoms with Gasteiger partial charge in [-0.3, -0.25) is 19.2 Å². The van der Waals surface area contributed by atoms with Gasteiger partial charge in [-0.2, -0.15) is 0 Å². The van der Waals surface area contributed by atoms with Crippen molar-refractivity contribution in [2.75, 3.05) is 26.4 Å². The topological polar surface area (TPSA) is 105 Å². The Labute approximate surface area is 219 Å². The monoisotopic (exact) mass is 514 g/mol. The highest BCUT2D eigenvalue weighted by molar-refractivity contribution is 6.12. The highest BCUT2D eigenvalue weighted by Gasteiger charge is 2.52. The minimum Gasteiger partial charge on any atom is -0.465 e. The van der Waals surface area contributed by atoms with Crippen molar-refractivity contribution in [3.63, 3.8) is 0 Å². The Morgan fingerprint density at radius 2 is 1.24 bits per heavy atom. The van der Waals surface area contributed by atoms with Crippen LogP contribution in [0.2, 0.25) is 0 Å². The number of carbonyl (C=O) groups excluding carboxylic acids is 4. The lowest BCUT2D eigenvalue weighted by Crippen LogP contribution is -2.44. The van der Waals surface area contributed by atoms with E-state index in [-0.39, 0.29) is 39.3 Å². The number of benzene rings is 1. The van der Waals surface area contributed by atoms with Gasteiger partial charge in [0.25, 0.3) is 0 Å². The molecule has 0 bridgehead atoms. The third-order valence-electron chi connectivity index (χ3n) is 6.50. The molecule has 0 aliphatic heterocycles. The molecule has 1 aromatic rings. The van der Waals surface area contributed by atoms with Gasteiger partial charge in [-0.1, -0.05) is 55.8 Å². The van der Waals surface area contributed by atoms with E-state index >= 15 is 0 Å². The lowest BCUT2D eigenvalue weighted by molar-refractivity contribution is -0.170. The van der Waals surface area contributed by atoms with E-state index in [0.29, 0.717) is 30.4 Å². The second-order valence-corrected chi connectivity index (χ2v) is 8.71. The molecule has 0 spiro atoms. The van der Waals surface area contributed by atoms with E-state index in [1.807, 2.05) is 12.1 Å². The summed E-state index contributed by atoms with van der Waals surface area (Å²) in [6.45, 7) is 11.2. The van der Waals surface area contributed by atoms with Gasteiger partial charge in [0.05, 0.1) is 26.4 Å². The number of hydrogen-bond donors (Lipinski definition) is 0. The Balaban J connectivity index is 2.72. The summed E-state index contributed by atoms with van der Waals surface area (Å²) in [4.78, 5) is 53.1. The van der Waals surface area contributed by atoms with Crippen LogP contribution in [0, 0.1) is 10.8 Å². The van der Waals surface area contributed by atoms with Gasteiger partial charge in [0, 0.05) is 0 Å². The van der Waals surface area contributed by atoms with Gasteiger partial charge >= 0.3 is 23.9 Å². The summed E-state index contributed by atoms with van der Waals surface area (Å²) in [5, 5.41) is 0. The summed E-state index contributed by atoms with van der Waals surface area (Å²) in [6, 6.07) is 7.25. The van der Waals surface area contributed by atoms with Crippen molar-refractivity contribution >= 4 is 29.5 Å². The fourth-order valence-electron chi connectivity index (χ4n) is 4.62. The molecule has 1 aliphatic carbocycles. The minimum absolute atomic E-state index is 0.0310. The van der Waals surface area contributed by atoms with E-state index in [2.05, 4.69) is 6.58 Å².